The van der Waals surface area contributed by atoms with E-state index in [4.69, 9.17) is 16.0 Å². The van der Waals surface area contributed by atoms with Crippen molar-refractivity contribution in [2.75, 3.05) is 7.11 Å². The van der Waals surface area contributed by atoms with Crippen LogP contribution in [0.15, 0.2) is 34.9 Å². The molecule has 5 heteroatoms. The summed E-state index contributed by atoms with van der Waals surface area (Å²) >= 11 is 5.98. The summed E-state index contributed by atoms with van der Waals surface area (Å²) in [4.78, 5) is 14.9. The molecule has 0 unspecified atom stereocenters. The number of esters is 1. The first kappa shape index (κ1) is 10.7. The van der Waals surface area contributed by atoms with E-state index in [1.165, 1.54) is 13.3 Å². The summed E-state index contributed by atoms with van der Waals surface area (Å²) in [5, 5.41) is 0.537. The molecular weight excluding hydrogens is 230 g/mol. The van der Waals surface area contributed by atoms with Crippen LogP contribution in [0.2, 0.25) is 5.02 Å². The van der Waals surface area contributed by atoms with Crippen molar-refractivity contribution in [2.24, 2.45) is 0 Å². The molecule has 0 aliphatic heterocycles. The van der Waals surface area contributed by atoms with Crippen molar-refractivity contribution < 1.29 is 13.9 Å². The number of ether oxygens (including phenoxy) is 1. The second-order valence-electron chi connectivity index (χ2n) is 3.00. The lowest BCUT2D eigenvalue weighted by Crippen LogP contribution is -2.00. The number of carbonyl (C=O) groups is 1. The molecule has 0 aliphatic rings. The molecular formula is C11H8ClNO3. The summed E-state index contributed by atoms with van der Waals surface area (Å²) in [6.07, 6.45) is 1.44. The van der Waals surface area contributed by atoms with Gasteiger partial charge < -0.3 is 9.15 Å². The van der Waals surface area contributed by atoms with Crippen LogP contribution < -0.4 is 0 Å². The van der Waals surface area contributed by atoms with E-state index in [0.29, 0.717) is 16.3 Å². The average Bonchev–Trinajstić information content (AvgIpc) is 2.78. The van der Waals surface area contributed by atoms with Gasteiger partial charge in [-0.2, -0.15) is 0 Å². The number of aromatic nitrogens is 1. The molecule has 0 N–H and O–H groups in total. The van der Waals surface area contributed by atoms with Crippen LogP contribution in [0.25, 0.3) is 11.3 Å². The number of carbonyl (C=O) groups excluding carboxylic acids is 1. The molecule has 1 aromatic heterocycles. The molecule has 16 heavy (non-hydrogen) atoms. The lowest BCUT2D eigenvalue weighted by atomic mass is 10.2. The van der Waals surface area contributed by atoms with Gasteiger partial charge in [0.2, 0.25) is 0 Å². The van der Waals surface area contributed by atoms with E-state index < -0.39 is 5.97 Å². The van der Waals surface area contributed by atoms with Gasteiger partial charge in [-0.25, -0.2) is 9.78 Å². The predicted octanol–water partition coefficient (Wildman–Crippen LogP) is 2.78. The molecule has 0 spiro atoms. The standard InChI is InChI=1S/C11H8ClNO3/c1-15-11(14)10-13-6-9(16-10)7-4-2-3-5-8(7)12/h2-6H,1H3. The van der Waals surface area contributed by atoms with Gasteiger partial charge in [-0.1, -0.05) is 23.7 Å². The Kier molecular flexibility index (Phi) is 2.92. The van der Waals surface area contributed by atoms with E-state index in [1.54, 1.807) is 12.1 Å². The van der Waals surface area contributed by atoms with Gasteiger partial charge in [-0.3, -0.25) is 0 Å². The largest absolute Gasteiger partial charge is 0.462 e. The Morgan fingerprint density at radius 3 is 2.88 bits per heavy atom. The highest BCUT2D eigenvalue weighted by Crippen LogP contribution is 2.27. The minimum absolute atomic E-state index is 0.0857. The molecule has 0 fully saturated rings. The van der Waals surface area contributed by atoms with Crippen molar-refractivity contribution in [3.8, 4) is 11.3 Å². The molecule has 82 valence electrons. The zero-order chi connectivity index (χ0) is 11.5. The van der Waals surface area contributed by atoms with Gasteiger partial charge in [0.1, 0.15) is 0 Å². The van der Waals surface area contributed by atoms with Crippen LogP contribution in [0, 0.1) is 0 Å². The first-order valence-electron chi connectivity index (χ1n) is 4.51. The summed E-state index contributed by atoms with van der Waals surface area (Å²) in [5.41, 5.74) is 0.687. The van der Waals surface area contributed by atoms with Gasteiger partial charge in [0, 0.05) is 5.56 Å². The Balaban J connectivity index is 2.39. The minimum Gasteiger partial charge on any atom is -0.462 e. The molecule has 0 saturated heterocycles. The fraction of sp³-hybridized carbons (Fsp3) is 0.0909. The minimum atomic E-state index is -0.613. The third-order valence-corrected chi connectivity index (χ3v) is 2.33. The molecule has 1 aromatic carbocycles. The van der Waals surface area contributed by atoms with Crippen LogP contribution in [-0.2, 0) is 4.74 Å². The summed E-state index contributed by atoms with van der Waals surface area (Å²) in [5.74, 6) is -0.262. The highest BCUT2D eigenvalue weighted by atomic mass is 35.5. The average molecular weight is 238 g/mol. The highest BCUT2D eigenvalue weighted by Gasteiger charge is 2.15. The Morgan fingerprint density at radius 2 is 2.19 bits per heavy atom. The lowest BCUT2D eigenvalue weighted by molar-refractivity contribution is 0.0557. The number of benzene rings is 1. The molecule has 0 saturated carbocycles. The van der Waals surface area contributed by atoms with Crippen LogP contribution in [0.1, 0.15) is 10.7 Å². The van der Waals surface area contributed by atoms with Crippen LogP contribution in [0.4, 0.5) is 0 Å². The van der Waals surface area contributed by atoms with Gasteiger partial charge in [0.15, 0.2) is 5.76 Å². The Bertz CT molecular complexity index is 521. The second-order valence-corrected chi connectivity index (χ2v) is 3.41. The molecule has 0 atom stereocenters. The van der Waals surface area contributed by atoms with Crippen LogP contribution >= 0.6 is 11.6 Å². The van der Waals surface area contributed by atoms with Crippen LogP contribution in [0.5, 0.6) is 0 Å². The third-order valence-electron chi connectivity index (χ3n) is 2.01. The van der Waals surface area contributed by atoms with Crippen molar-refractivity contribution in [3.05, 3.63) is 41.4 Å². The number of rotatable bonds is 2. The van der Waals surface area contributed by atoms with Gasteiger partial charge >= 0.3 is 11.9 Å². The topological polar surface area (TPSA) is 52.3 Å². The number of hydrogen-bond donors (Lipinski definition) is 0. The summed E-state index contributed by atoms with van der Waals surface area (Å²) in [7, 11) is 1.27. The summed E-state index contributed by atoms with van der Waals surface area (Å²) < 4.78 is 9.72. The van der Waals surface area contributed by atoms with Crippen molar-refractivity contribution in [1.82, 2.24) is 4.98 Å². The molecule has 2 rings (SSSR count). The van der Waals surface area contributed by atoms with E-state index in [9.17, 15) is 4.79 Å². The summed E-state index contributed by atoms with van der Waals surface area (Å²) in [6.45, 7) is 0. The smallest absolute Gasteiger partial charge is 0.394 e. The molecule has 2 aromatic rings. The lowest BCUT2D eigenvalue weighted by Gasteiger charge is -1.98. The number of halogens is 1. The SMILES string of the molecule is COC(=O)c1ncc(-c2ccccc2Cl)o1. The van der Waals surface area contributed by atoms with Gasteiger partial charge in [0.25, 0.3) is 0 Å². The molecule has 0 amide bonds. The van der Waals surface area contributed by atoms with E-state index in [2.05, 4.69) is 9.72 Å². The van der Waals surface area contributed by atoms with Crippen LogP contribution in [-0.4, -0.2) is 18.1 Å². The maximum absolute atomic E-state index is 11.1. The van der Waals surface area contributed by atoms with Crippen molar-refractivity contribution in [1.29, 1.82) is 0 Å². The Morgan fingerprint density at radius 1 is 1.44 bits per heavy atom. The fourth-order valence-electron chi connectivity index (χ4n) is 1.24. The molecule has 0 bridgehead atoms. The van der Waals surface area contributed by atoms with Crippen molar-refractivity contribution in [2.45, 2.75) is 0 Å². The number of methoxy groups -OCH3 is 1. The molecule has 4 nitrogen and oxygen atoms in total. The highest BCUT2D eigenvalue weighted by molar-refractivity contribution is 6.33. The molecule has 1 heterocycles. The summed E-state index contributed by atoms with van der Waals surface area (Å²) in [6, 6.07) is 7.14. The number of oxazole rings is 1. The monoisotopic (exact) mass is 237 g/mol. The van der Waals surface area contributed by atoms with E-state index in [0.717, 1.165) is 0 Å². The maximum atomic E-state index is 11.1. The van der Waals surface area contributed by atoms with Crippen LogP contribution in [0.3, 0.4) is 0 Å². The van der Waals surface area contributed by atoms with Gasteiger partial charge in [-0.05, 0) is 12.1 Å². The Labute approximate surface area is 96.8 Å². The third kappa shape index (κ3) is 1.92. The zero-order valence-corrected chi connectivity index (χ0v) is 9.19. The second kappa shape index (κ2) is 4.37. The maximum Gasteiger partial charge on any atom is 0.394 e. The van der Waals surface area contributed by atoms with Crippen molar-refractivity contribution >= 4 is 17.6 Å². The normalized spacial score (nSPS) is 10.1. The fourth-order valence-corrected chi connectivity index (χ4v) is 1.47. The number of hydrogen-bond acceptors (Lipinski definition) is 4. The Hall–Kier alpha value is -1.81. The number of nitrogens with zero attached hydrogens (tertiary/aromatic N) is 1. The molecule has 0 radical (unpaired) electrons. The molecule has 0 aliphatic carbocycles. The van der Waals surface area contributed by atoms with Gasteiger partial charge in [0.05, 0.1) is 18.3 Å². The van der Waals surface area contributed by atoms with E-state index >= 15 is 0 Å². The quantitative estimate of drug-likeness (QED) is 0.754. The first-order chi connectivity index (χ1) is 7.72. The van der Waals surface area contributed by atoms with Gasteiger partial charge in [-0.15, -0.1) is 0 Å². The van der Waals surface area contributed by atoms with Crippen molar-refractivity contribution in [3.63, 3.8) is 0 Å². The first-order valence-corrected chi connectivity index (χ1v) is 4.89. The van der Waals surface area contributed by atoms with E-state index in [-0.39, 0.29) is 5.89 Å². The predicted molar refractivity (Wildman–Crippen MR) is 58.3 cm³/mol. The zero-order valence-electron chi connectivity index (χ0n) is 8.44. The van der Waals surface area contributed by atoms with E-state index in [1.807, 2.05) is 12.1 Å².